The van der Waals surface area contributed by atoms with E-state index in [4.69, 9.17) is 9.16 Å². The van der Waals surface area contributed by atoms with Crippen LogP contribution in [-0.2, 0) is 18.8 Å². The van der Waals surface area contributed by atoms with Crippen molar-refractivity contribution in [2.45, 2.75) is 76.0 Å². The Labute approximate surface area is 212 Å². The number of fused-ring (bicyclic) bond motifs is 6. The van der Waals surface area contributed by atoms with Crippen LogP contribution in [0.5, 0.6) is 0 Å². The van der Waals surface area contributed by atoms with Crippen LogP contribution in [-0.4, -0.2) is 54.1 Å². The zero-order valence-corrected chi connectivity index (χ0v) is 22.7. The average molecular weight is 508 g/mol. The number of carbonyl (C=O) groups is 2. The van der Waals surface area contributed by atoms with E-state index >= 15 is 0 Å². The molecule has 2 aromatic rings. The number of nitrogens with zero attached hydrogens (tertiary/aromatic N) is 3. The Kier molecular flexibility index (Phi) is 5.51. The SMILES string of the molecule is CC(C)(C)[Si](C)(C)OCC[C@@]12C[C@@H](O)[C@@](C)(O1)[C@H]1C(=O)N(c3ccc(C#N)c4ncccc34)C(=O)[C@H]12. The second kappa shape index (κ2) is 7.93. The number of pyridine rings is 1. The van der Waals surface area contributed by atoms with Crippen LogP contribution in [0.25, 0.3) is 10.9 Å². The van der Waals surface area contributed by atoms with Crippen molar-refractivity contribution in [3.05, 3.63) is 36.0 Å². The minimum absolute atomic E-state index is 0.0358. The number of carbonyl (C=O) groups excluding carboxylic acids is 2. The first-order valence-electron chi connectivity index (χ1n) is 12.5. The molecule has 0 unspecified atom stereocenters. The number of anilines is 1. The zero-order chi connectivity index (χ0) is 26.3. The summed E-state index contributed by atoms with van der Waals surface area (Å²) in [7, 11) is -2.03. The van der Waals surface area contributed by atoms with Crippen LogP contribution in [0.1, 0.15) is 46.1 Å². The number of benzene rings is 1. The highest BCUT2D eigenvalue weighted by Gasteiger charge is 2.77. The van der Waals surface area contributed by atoms with Crippen LogP contribution in [0.2, 0.25) is 18.1 Å². The van der Waals surface area contributed by atoms with E-state index in [9.17, 15) is 20.0 Å². The monoisotopic (exact) mass is 507 g/mol. The van der Waals surface area contributed by atoms with Crippen LogP contribution in [0, 0.1) is 23.2 Å². The summed E-state index contributed by atoms with van der Waals surface area (Å²) >= 11 is 0. The van der Waals surface area contributed by atoms with Crippen molar-refractivity contribution in [3.8, 4) is 6.07 Å². The summed E-state index contributed by atoms with van der Waals surface area (Å²) in [6, 6.07) is 8.82. The van der Waals surface area contributed by atoms with Crippen molar-refractivity contribution in [3.63, 3.8) is 0 Å². The first-order valence-corrected chi connectivity index (χ1v) is 15.4. The lowest BCUT2D eigenvalue weighted by atomic mass is 9.66. The Morgan fingerprint density at radius 2 is 1.94 bits per heavy atom. The van der Waals surface area contributed by atoms with E-state index in [1.165, 1.54) is 4.90 Å². The molecule has 190 valence electrons. The number of nitriles is 1. The van der Waals surface area contributed by atoms with Gasteiger partial charge in [-0.05, 0) is 55.7 Å². The maximum atomic E-state index is 14.0. The third kappa shape index (κ3) is 3.32. The fourth-order valence-electron chi connectivity index (χ4n) is 6.00. The van der Waals surface area contributed by atoms with Crippen LogP contribution in [0.3, 0.4) is 0 Å². The van der Waals surface area contributed by atoms with Gasteiger partial charge in [0.1, 0.15) is 11.7 Å². The van der Waals surface area contributed by atoms with Crippen LogP contribution in [0.4, 0.5) is 5.69 Å². The minimum atomic E-state index is -2.03. The molecule has 0 spiro atoms. The molecule has 2 bridgehead atoms. The summed E-state index contributed by atoms with van der Waals surface area (Å²) in [5.74, 6) is -2.20. The minimum Gasteiger partial charge on any atom is -0.417 e. The van der Waals surface area contributed by atoms with Gasteiger partial charge in [-0.1, -0.05) is 20.8 Å². The molecule has 1 aromatic heterocycles. The third-order valence-electron chi connectivity index (χ3n) is 9.02. The van der Waals surface area contributed by atoms with E-state index in [0.717, 1.165) is 0 Å². The second-order valence-corrected chi connectivity index (χ2v) is 16.8. The molecule has 5 atom stereocenters. The Bertz CT molecular complexity index is 1310. The van der Waals surface area contributed by atoms with Crippen LogP contribution in [0.15, 0.2) is 30.5 Å². The van der Waals surface area contributed by atoms with Gasteiger partial charge in [0.2, 0.25) is 11.8 Å². The number of hydrogen-bond donors (Lipinski definition) is 1. The number of aromatic nitrogens is 1. The summed E-state index contributed by atoms with van der Waals surface area (Å²) < 4.78 is 12.8. The van der Waals surface area contributed by atoms with Gasteiger partial charge in [0.05, 0.1) is 40.3 Å². The molecule has 1 aromatic carbocycles. The number of imide groups is 1. The Balaban J connectivity index is 1.52. The molecule has 3 saturated heterocycles. The highest BCUT2D eigenvalue weighted by atomic mass is 28.4. The molecule has 0 saturated carbocycles. The highest BCUT2D eigenvalue weighted by Crippen LogP contribution is 2.62. The normalized spacial score (nSPS) is 31.8. The molecule has 4 heterocycles. The highest BCUT2D eigenvalue weighted by molar-refractivity contribution is 6.74. The van der Waals surface area contributed by atoms with Gasteiger partial charge in [0.15, 0.2) is 8.32 Å². The lowest BCUT2D eigenvalue weighted by molar-refractivity contribution is -0.134. The number of hydrogen-bond acceptors (Lipinski definition) is 7. The molecule has 2 amide bonds. The van der Waals surface area contributed by atoms with E-state index in [1.807, 2.05) is 0 Å². The molecule has 8 nitrogen and oxygen atoms in total. The quantitative estimate of drug-likeness (QED) is 0.482. The van der Waals surface area contributed by atoms with Crippen molar-refractivity contribution in [2.75, 3.05) is 11.5 Å². The summed E-state index contributed by atoms with van der Waals surface area (Å²) in [5, 5.41) is 21.1. The van der Waals surface area contributed by atoms with Gasteiger partial charge in [0.25, 0.3) is 0 Å². The fraction of sp³-hybridized carbons (Fsp3) is 0.556. The van der Waals surface area contributed by atoms with Crippen molar-refractivity contribution < 1.29 is 23.9 Å². The van der Waals surface area contributed by atoms with Crippen LogP contribution < -0.4 is 4.90 Å². The van der Waals surface area contributed by atoms with Gasteiger partial charge >= 0.3 is 0 Å². The number of aliphatic hydroxyl groups is 1. The summed E-state index contributed by atoms with van der Waals surface area (Å²) in [6.45, 7) is 13.0. The number of ether oxygens (including phenoxy) is 1. The molecule has 9 heteroatoms. The summed E-state index contributed by atoms with van der Waals surface area (Å²) in [6.07, 6.45) is 1.44. The fourth-order valence-corrected chi connectivity index (χ4v) is 7.05. The van der Waals surface area contributed by atoms with Gasteiger partial charge < -0.3 is 14.3 Å². The van der Waals surface area contributed by atoms with E-state index in [0.29, 0.717) is 35.2 Å². The van der Waals surface area contributed by atoms with E-state index in [1.54, 1.807) is 37.4 Å². The first-order chi connectivity index (χ1) is 16.8. The third-order valence-corrected chi connectivity index (χ3v) is 13.6. The maximum absolute atomic E-state index is 14.0. The summed E-state index contributed by atoms with van der Waals surface area (Å²) in [4.78, 5) is 33.4. The molecule has 0 radical (unpaired) electrons. The molecule has 3 aliphatic rings. The van der Waals surface area contributed by atoms with E-state index in [-0.39, 0.29) is 23.3 Å². The zero-order valence-electron chi connectivity index (χ0n) is 21.7. The Morgan fingerprint density at radius 3 is 2.61 bits per heavy atom. The number of amides is 2. The van der Waals surface area contributed by atoms with Gasteiger partial charge in [-0.15, -0.1) is 0 Å². The molecule has 5 rings (SSSR count). The average Bonchev–Trinajstić information content (AvgIpc) is 3.33. The Morgan fingerprint density at radius 1 is 1.25 bits per heavy atom. The van der Waals surface area contributed by atoms with Gasteiger partial charge in [-0.25, -0.2) is 4.90 Å². The van der Waals surface area contributed by atoms with Crippen molar-refractivity contribution in [2.24, 2.45) is 11.8 Å². The van der Waals surface area contributed by atoms with E-state index in [2.05, 4.69) is 44.9 Å². The number of aliphatic hydroxyl groups excluding tert-OH is 1. The van der Waals surface area contributed by atoms with Gasteiger partial charge in [-0.2, -0.15) is 5.26 Å². The van der Waals surface area contributed by atoms with Crippen molar-refractivity contribution in [1.29, 1.82) is 5.26 Å². The molecule has 1 N–H and O–H groups in total. The topological polar surface area (TPSA) is 113 Å². The van der Waals surface area contributed by atoms with Crippen LogP contribution >= 0.6 is 0 Å². The standard InChI is InChI=1S/C27H33N3O5Si/c1-25(2,3)36(5,6)34-13-11-27-14-19(31)26(4,35-27)20-21(27)24(33)30(23(20)32)18-10-9-16(15-28)22-17(18)8-7-12-29-22/h7-10,12,19-21,31H,11,13-14H2,1-6H3/t19-,20-,21+,26-,27+/m1/s1. The summed E-state index contributed by atoms with van der Waals surface area (Å²) in [5.41, 5.74) is -0.893. The maximum Gasteiger partial charge on any atom is 0.240 e. The van der Waals surface area contributed by atoms with Crippen molar-refractivity contribution in [1.82, 2.24) is 4.98 Å². The van der Waals surface area contributed by atoms with Gasteiger partial charge in [0, 0.05) is 24.6 Å². The lowest BCUT2D eigenvalue weighted by Crippen LogP contribution is -2.50. The molecule has 3 aliphatic heterocycles. The molecule has 36 heavy (non-hydrogen) atoms. The molecular formula is C27H33N3O5Si. The Hall–Kier alpha value is -2.64. The molecule has 3 fully saturated rings. The predicted octanol–water partition coefficient (Wildman–Crippen LogP) is 3.92. The predicted molar refractivity (Wildman–Crippen MR) is 137 cm³/mol. The second-order valence-electron chi connectivity index (χ2n) is 12.0. The van der Waals surface area contributed by atoms with E-state index < -0.39 is 37.5 Å². The largest absolute Gasteiger partial charge is 0.417 e. The van der Waals surface area contributed by atoms with Gasteiger partial charge in [-0.3, -0.25) is 14.6 Å². The lowest BCUT2D eigenvalue weighted by Gasteiger charge is -2.38. The number of rotatable bonds is 5. The van der Waals surface area contributed by atoms with Crippen molar-refractivity contribution >= 4 is 36.7 Å². The molecule has 0 aliphatic carbocycles. The molecular weight excluding hydrogens is 474 g/mol. The smallest absolute Gasteiger partial charge is 0.240 e. The first kappa shape index (κ1) is 25.0.